The summed E-state index contributed by atoms with van der Waals surface area (Å²) in [6.07, 6.45) is 2.06. The number of benzene rings is 3. The van der Waals surface area contributed by atoms with E-state index < -0.39 is 0 Å². The van der Waals surface area contributed by atoms with Crippen molar-refractivity contribution >= 4 is 55.1 Å². The molecule has 0 aliphatic rings. The third kappa shape index (κ3) is 4.54. The Morgan fingerprint density at radius 1 is 1.06 bits per heavy atom. The van der Waals surface area contributed by atoms with Crippen molar-refractivity contribution in [3.8, 4) is 5.75 Å². The molecule has 7 heteroatoms. The fourth-order valence-electron chi connectivity index (χ4n) is 3.42. The molecule has 3 aromatic carbocycles. The van der Waals surface area contributed by atoms with Gasteiger partial charge in [0.25, 0.3) is 5.91 Å². The first-order valence-corrected chi connectivity index (χ1v) is 12.0. The Bertz CT molecular complexity index is 1240. The second kappa shape index (κ2) is 9.26. The molecule has 0 N–H and O–H groups in total. The lowest BCUT2D eigenvalue weighted by Crippen LogP contribution is -2.37. The summed E-state index contributed by atoms with van der Waals surface area (Å²) in [7, 11) is 5.61. The van der Waals surface area contributed by atoms with E-state index in [0.29, 0.717) is 23.0 Å². The zero-order valence-corrected chi connectivity index (χ0v) is 19.7. The van der Waals surface area contributed by atoms with E-state index in [4.69, 9.17) is 9.72 Å². The first-order valence-electron chi connectivity index (χ1n) is 9.98. The number of amides is 1. The van der Waals surface area contributed by atoms with E-state index in [1.165, 1.54) is 4.90 Å². The molecule has 1 amide bonds. The van der Waals surface area contributed by atoms with Gasteiger partial charge >= 0.3 is 0 Å². The quantitative estimate of drug-likeness (QED) is 0.353. The maximum absolute atomic E-state index is 13.8. The van der Waals surface area contributed by atoms with E-state index in [2.05, 4.69) is 23.3 Å². The molecule has 1 aromatic heterocycles. The Morgan fingerprint density at radius 2 is 1.81 bits per heavy atom. The van der Waals surface area contributed by atoms with Crippen LogP contribution in [0.15, 0.2) is 59.5 Å². The van der Waals surface area contributed by atoms with E-state index in [0.717, 1.165) is 27.5 Å². The molecule has 0 saturated heterocycles. The molecule has 4 aromatic rings. The Hall–Kier alpha value is -2.61. The summed E-state index contributed by atoms with van der Waals surface area (Å²) >= 11 is 3.25. The highest BCUT2D eigenvalue weighted by atomic mass is 32.2. The van der Waals surface area contributed by atoms with Crippen molar-refractivity contribution in [3.63, 3.8) is 0 Å². The van der Waals surface area contributed by atoms with Gasteiger partial charge in [0.2, 0.25) is 0 Å². The molecule has 160 valence electrons. The number of methoxy groups -OCH3 is 1. The smallest absolute Gasteiger partial charge is 0.263 e. The summed E-state index contributed by atoms with van der Waals surface area (Å²) in [4.78, 5) is 23.6. The second-order valence-electron chi connectivity index (χ2n) is 7.49. The lowest BCUT2D eigenvalue weighted by atomic mass is 10.0. The van der Waals surface area contributed by atoms with E-state index in [9.17, 15) is 4.79 Å². The Kier molecular flexibility index (Phi) is 6.46. The lowest BCUT2D eigenvalue weighted by molar-refractivity contribution is 0.0982. The topological polar surface area (TPSA) is 45.7 Å². The monoisotopic (exact) mass is 451 g/mol. The number of anilines is 1. The molecule has 1 heterocycles. The molecule has 0 fully saturated rings. The molecular formula is C24H25N3O2S2. The SMILES string of the molecule is COc1cc2ccccc2cc1C(=O)N(CCN(C)C)c1nc2ccc(SC)cc2s1. The zero-order chi connectivity index (χ0) is 22.0. The van der Waals surface area contributed by atoms with Gasteiger partial charge in [-0.3, -0.25) is 9.69 Å². The number of hydrogen-bond donors (Lipinski definition) is 0. The Balaban J connectivity index is 1.79. The molecule has 0 aliphatic carbocycles. The van der Waals surface area contributed by atoms with Crippen LogP contribution in [0.3, 0.4) is 0 Å². The molecular weight excluding hydrogens is 426 g/mol. The fourth-order valence-corrected chi connectivity index (χ4v) is 4.96. The fraction of sp³-hybridized carbons (Fsp3) is 0.250. The number of thioether (sulfide) groups is 1. The minimum atomic E-state index is -0.103. The summed E-state index contributed by atoms with van der Waals surface area (Å²) in [5.41, 5.74) is 1.45. The van der Waals surface area contributed by atoms with Gasteiger partial charge in [-0.05, 0) is 61.5 Å². The van der Waals surface area contributed by atoms with E-state index in [1.807, 2.05) is 56.6 Å². The van der Waals surface area contributed by atoms with Crippen LogP contribution in [0.2, 0.25) is 0 Å². The average Bonchev–Trinajstić information content (AvgIpc) is 3.20. The second-order valence-corrected chi connectivity index (χ2v) is 9.38. The van der Waals surface area contributed by atoms with Crippen LogP contribution in [-0.2, 0) is 0 Å². The molecule has 0 spiro atoms. The largest absolute Gasteiger partial charge is 0.496 e. The average molecular weight is 452 g/mol. The van der Waals surface area contributed by atoms with Crippen LogP contribution in [-0.4, -0.2) is 56.3 Å². The predicted molar refractivity (Wildman–Crippen MR) is 132 cm³/mol. The standard InChI is InChI=1S/C24H25N3O2S2/c1-26(2)11-12-27(24-25-20-10-9-18(30-4)15-22(20)31-24)23(28)19-13-16-7-5-6-8-17(16)14-21(19)29-3/h5-10,13-15H,11-12H2,1-4H3. The van der Waals surface area contributed by atoms with Crippen LogP contribution < -0.4 is 9.64 Å². The number of nitrogens with zero attached hydrogens (tertiary/aromatic N) is 3. The Morgan fingerprint density at radius 3 is 2.48 bits per heavy atom. The molecule has 0 atom stereocenters. The maximum Gasteiger partial charge on any atom is 0.263 e. The van der Waals surface area contributed by atoms with Crippen molar-refractivity contribution < 1.29 is 9.53 Å². The minimum Gasteiger partial charge on any atom is -0.496 e. The third-order valence-electron chi connectivity index (χ3n) is 5.13. The molecule has 4 rings (SSSR count). The first-order chi connectivity index (χ1) is 15.0. The van der Waals surface area contributed by atoms with Crippen LogP contribution >= 0.6 is 23.1 Å². The van der Waals surface area contributed by atoms with Crippen LogP contribution in [0.1, 0.15) is 10.4 Å². The first kappa shape index (κ1) is 21.6. The summed E-state index contributed by atoms with van der Waals surface area (Å²) in [5.74, 6) is 0.470. The molecule has 31 heavy (non-hydrogen) atoms. The number of hydrogen-bond acceptors (Lipinski definition) is 6. The van der Waals surface area contributed by atoms with Gasteiger partial charge in [-0.2, -0.15) is 0 Å². The number of aromatic nitrogens is 1. The number of likely N-dealkylation sites (N-methyl/N-ethyl adjacent to an activating group) is 1. The third-order valence-corrected chi connectivity index (χ3v) is 6.90. The minimum absolute atomic E-state index is 0.103. The number of rotatable bonds is 7. The summed E-state index contributed by atoms with van der Waals surface area (Å²) in [5, 5.41) is 2.75. The normalized spacial score (nSPS) is 11.4. The summed E-state index contributed by atoms with van der Waals surface area (Å²) in [6.45, 7) is 1.27. The van der Waals surface area contributed by atoms with Crippen molar-refractivity contribution in [2.24, 2.45) is 0 Å². The number of thiazole rings is 1. The van der Waals surface area contributed by atoms with Crippen molar-refractivity contribution in [1.29, 1.82) is 0 Å². The van der Waals surface area contributed by atoms with E-state index >= 15 is 0 Å². The van der Waals surface area contributed by atoms with Gasteiger partial charge in [0.1, 0.15) is 5.75 Å². The summed E-state index contributed by atoms with van der Waals surface area (Å²) < 4.78 is 6.68. The molecule has 0 unspecified atom stereocenters. The van der Waals surface area contributed by atoms with E-state index in [1.54, 1.807) is 35.1 Å². The van der Waals surface area contributed by atoms with E-state index in [-0.39, 0.29) is 5.91 Å². The van der Waals surface area contributed by atoms with Gasteiger partial charge < -0.3 is 9.64 Å². The van der Waals surface area contributed by atoms with Crippen LogP contribution in [0.5, 0.6) is 5.75 Å². The highest BCUT2D eigenvalue weighted by Crippen LogP contribution is 2.34. The van der Waals surface area contributed by atoms with Gasteiger partial charge in [-0.1, -0.05) is 35.6 Å². The zero-order valence-electron chi connectivity index (χ0n) is 18.1. The van der Waals surface area contributed by atoms with Gasteiger partial charge in [-0.25, -0.2) is 4.98 Å². The van der Waals surface area contributed by atoms with Crippen LogP contribution in [0.25, 0.3) is 21.0 Å². The Labute approximate surface area is 190 Å². The van der Waals surface area contributed by atoms with Crippen molar-refractivity contribution in [1.82, 2.24) is 9.88 Å². The number of carbonyl (C=O) groups excluding carboxylic acids is 1. The molecule has 5 nitrogen and oxygen atoms in total. The number of ether oxygens (including phenoxy) is 1. The molecule has 0 saturated carbocycles. The molecule has 0 radical (unpaired) electrons. The molecule has 0 bridgehead atoms. The maximum atomic E-state index is 13.8. The highest BCUT2D eigenvalue weighted by Gasteiger charge is 2.24. The lowest BCUT2D eigenvalue weighted by Gasteiger charge is -2.23. The van der Waals surface area contributed by atoms with Crippen LogP contribution in [0.4, 0.5) is 5.13 Å². The van der Waals surface area contributed by atoms with Crippen molar-refractivity contribution in [3.05, 3.63) is 60.2 Å². The summed E-state index contributed by atoms with van der Waals surface area (Å²) in [6, 6.07) is 18.0. The van der Waals surface area contributed by atoms with Crippen molar-refractivity contribution in [2.75, 3.05) is 45.5 Å². The van der Waals surface area contributed by atoms with Gasteiger partial charge in [0.05, 0.1) is 22.9 Å². The molecule has 0 aliphatic heterocycles. The van der Waals surface area contributed by atoms with Gasteiger partial charge in [0.15, 0.2) is 5.13 Å². The highest BCUT2D eigenvalue weighted by molar-refractivity contribution is 7.98. The number of carbonyl (C=O) groups is 1. The van der Waals surface area contributed by atoms with Gasteiger partial charge in [0, 0.05) is 18.0 Å². The predicted octanol–water partition coefficient (Wildman–Crippen LogP) is 5.39. The number of fused-ring (bicyclic) bond motifs is 2. The van der Waals surface area contributed by atoms with Gasteiger partial charge in [-0.15, -0.1) is 11.8 Å². The van der Waals surface area contributed by atoms with Crippen LogP contribution in [0, 0.1) is 0 Å². The van der Waals surface area contributed by atoms with Crippen molar-refractivity contribution in [2.45, 2.75) is 4.90 Å².